The summed E-state index contributed by atoms with van der Waals surface area (Å²) in [6.07, 6.45) is 0.983. The topological polar surface area (TPSA) is 48.4 Å². The Bertz CT molecular complexity index is 737. The summed E-state index contributed by atoms with van der Waals surface area (Å²) in [6, 6.07) is 6.84. The number of benzene rings is 1. The number of ether oxygens (including phenoxy) is 2. The Balaban J connectivity index is 2.26. The lowest BCUT2D eigenvalue weighted by molar-refractivity contribution is -0.278. The standard InChI is InChI=1S/C21H26F3NO3S/c1-3-4-5-6-10-13-17(18-25-14-15-29-18)28-19(26)20(27-2,21(22,23)24)16-11-8-7-9-12-16/h7-9,11-12,14-15,17H,3-6,10,13H2,1-2H3/t17-,20+/m1/s1. The lowest BCUT2D eigenvalue weighted by Crippen LogP contribution is -2.52. The van der Waals surface area contributed by atoms with Crippen molar-refractivity contribution in [2.24, 2.45) is 0 Å². The summed E-state index contributed by atoms with van der Waals surface area (Å²) in [7, 11) is 0.866. The monoisotopic (exact) mass is 429 g/mol. The van der Waals surface area contributed by atoms with Gasteiger partial charge in [0.25, 0.3) is 5.60 Å². The number of thiazole rings is 1. The van der Waals surface area contributed by atoms with E-state index < -0.39 is 23.9 Å². The van der Waals surface area contributed by atoms with Gasteiger partial charge in [-0.2, -0.15) is 13.2 Å². The Morgan fingerprint density at radius 2 is 1.83 bits per heavy atom. The van der Waals surface area contributed by atoms with Crippen molar-refractivity contribution in [2.75, 3.05) is 7.11 Å². The molecule has 0 aliphatic carbocycles. The van der Waals surface area contributed by atoms with Gasteiger partial charge in [0.1, 0.15) is 5.01 Å². The minimum Gasteiger partial charge on any atom is -0.452 e. The fourth-order valence-electron chi connectivity index (χ4n) is 3.16. The van der Waals surface area contributed by atoms with Crippen LogP contribution in [0, 0.1) is 0 Å². The van der Waals surface area contributed by atoms with Crippen molar-refractivity contribution in [3.8, 4) is 0 Å². The number of alkyl halides is 3. The highest BCUT2D eigenvalue weighted by molar-refractivity contribution is 7.09. The van der Waals surface area contributed by atoms with Crippen LogP contribution in [0.5, 0.6) is 0 Å². The average Bonchev–Trinajstić information content (AvgIpc) is 3.22. The van der Waals surface area contributed by atoms with Crippen LogP contribution in [-0.2, 0) is 19.9 Å². The molecule has 4 nitrogen and oxygen atoms in total. The third kappa shape index (κ3) is 5.57. The molecular weight excluding hydrogens is 403 g/mol. The van der Waals surface area contributed by atoms with Gasteiger partial charge >= 0.3 is 12.1 Å². The first-order valence-electron chi connectivity index (χ1n) is 9.64. The molecule has 160 valence electrons. The summed E-state index contributed by atoms with van der Waals surface area (Å²) < 4.78 is 52.4. The summed E-state index contributed by atoms with van der Waals surface area (Å²) in [5, 5.41) is 2.19. The van der Waals surface area contributed by atoms with Gasteiger partial charge in [-0.05, 0) is 12.8 Å². The van der Waals surface area contributed by atoms with Crippen molar-refractivity contribution in [1.29, 1.82) is 0 Å². The molecule has 1 heterocycles. The molecule has 1 aromatic carbocycles. The molecule has 2 rings (SSSR count). The number of rotatable bonds is 11. The van der Waals surface area contributed by atoms with E-state index in [0.29, 0.717) is 11.4 Å². The lowest BCUT2D eigenvalue weighted by atomic mass is 9.92. The highest BCUT2D eigenvalue weighted by Gasteiger charge is 2.64. The summed E-state index contributed by atoms with van der Waals surface area (Å²) in [5.41, 5.74) is -3.51. The highest BCUT2D eigenvalue weighted by atomic mass is 32.1. The molecule has 0 aliphatic heterocycles. The Labute approximate surface area is 173 Å². The molecule has 0 saturated heterocycles. The predicted octanol–water partition coefficient (Wildman–Crippen LogP) is 6.19. The first-order valence-corrected chi connectivity index (χ1v) is 10.5. The first-order chi connectivity index (χ1) is 13.9. The predicted molar refractivity (Wildman–Crippen MR) is 106 cm³/mol. The van der Waals surface area contributed by atoms with Crippen molar-refractivity contribution in [1.82, 2.24) is 4.98 Å². The summed E-state index contributed by atoms with van der Waals surface area (Å²) in [4.78, 5) is 17.0. The smallest absolute Gasteiger partial charge is 0.432 e. The molecule has 2 aromatic rings. The van der Waals surface area contributed by atoms with Gasteiger partial charge in [0.05, 0.1) is 0 Å². The molecule has 0 unspecified atom stereocenters. The van der Waals surface area contributed by atoms with Crippen molar-refractivity contribution in [3.63, 3.8) is 0 Å². The van der Waals surface area contributed by atoms with Gasteiger partial charge in [0, 0.05) is 24.3 Å². The van der Waals surface area contributed by atoms with Crippen LogP contribution in [0.25, 0.3) is 0 Å². The third-order valence-electron chi connectivity index (χ3n) is 4.72. The van der Waals surface area contributed by atoms with Gasteiger partial charge < -0.3 is 9.47 Å². The largest absolute Gasteiger partial charge is 0.452 e. The maximum absolute atomic E-state index is 14.1. The van der Waals surface area contributed by atoms with Gasteiger partial charge in [-0.3, -0.25) is 0 Å². The molecule has 8 heteroatoms. The minimum atomic E-state index is -4.99. The molecule has 2 atom stereocenters. The third-order valence-corrected chi connectivity index (χ3v) is 5.59. The Morgan fingerprint density at radius 1 is 1.14 bits per heavy atom. The Morgan fingerprint density at radius 3 is 2.38 bits per heavy atom. The van der Waals surface area contributed by atoms with Crippen LogP contribution in [-0.4, -0.2) is 24.2 Å². The minimum absolute atomic E-state index is 0.319. The van der Waals surface area contributed by atoms with Crippen LogP contribution in [0.2, 0.25) is 0 Å². The molecule has 0 spiro atoms. The van der Waals surface area contributed by atoms with E-state index in [9.17, 15) is 18.0 Å². The second kappa shape index (κ2) is 10.7. The fraction of sp³-hybridized carbons (Fsp3) is 0.524. The van der Waals surface area contributed by atoms with Crippen LogP contribution in [0.4, 0.5) is 13.2 Å². The molecule has 0 aliphatic rings. The maximum Gasteiger partial charge on any atom is 0.432 e. The average molecular weight is 430 g/mol. The van der Waals surface area contributed by atoms with Gasteiger partial charge in [-0.15, -0.1) is 11.3 Å². The van der Waals surface area contributed by atoms with Crippen LogP contribution >= 0.6 is 11.3 Å². The molecule has 0 bridgehead atoms. The SMILES string of the molecule is CCCCCCC[C@@H](OC(=O)[C@@](OC)(c1ccccc1)C(F)(F)F)c1nccs1. The van der Waals surface area contributed by atoms with Crippen molar-refractivity contribution >= 4 is 17.3 Å². The van der Waals surface area contributed by atoms with Crippen LogP contribution < -0.4 is 0 Å². The Hall–Kier alpha value is -1.93. The molecule has 0 fully saturated rings. The van der Waals surface area contributed by atoms with E-state index in [2.05, 4.69) is 11.9 Å². The molecule has 0 amide bonds. The van der Waals surface area contributed by atoms with E-state index in [1.807, 2.05) is 0 Å². The second-order valence-electron chi connectivity index (χ2n) is 6.72. The zero-order valence-corrected chi connectivity index (χ0v) is 17.4. The van der Waals surface area contributed by atoms with E-state index >= 15 is 0 Å². The van der Waals surface area contributed by atoms with E-state index in [-0.39, 0.29) is 5.56 Å². The number of hydrogen-bond donors (Lipinski definition) is 0. The number of unbranched alkanes of at least 4 members (excludes halogenated alkanes) is 4. The number of nitrogens with zero attached hydrogens (tertiary/aromatic N) is 1. The molecule has 1 aromatic heterocycles. The van der Waals surface area contributed by atoms with Gasteiger partial charge in [-0.1, -0.05) is 62.9 Å². The lowest BCUT2D eigenvalue weighted by Gasteiger charge is -2.33. The number of hydrogen-bond acceptors (Lipinski definition) is 5. The number of carbonyl (C=O) groups excluding carboxylic acids is 1. The van der Waals surface area contributed by atoms with E-state index in [1.165, 1.54) is 35.6 Å². The van der Waals surface area contributed by atoms with E-state index in [1.54, 1.807) is 17.6 Å². The van der Waals surface area contributed by atoms with E-state index in [0.717, 1.165) is 39.2 Å². The first kappa shape index (κ1) is 23.3. The normalized spacial score (nSPS) is 14.9. The summed E-state index contributed by atoms with van der Waals surface area (Å²) in [6.45, 7) is 2.10. The molecular formula is C21H26F3NO3S. The summed E-state index contributed by atoms with van der Waals surface area (Å²) in [5.74, 6) is -1.48. The maximum atomic E-state index is 14.1. The Kier molecular flexibility index (Phi) is 8.64. The number of esters is 1. The fourth-order valence-corrected chi connectivity index (χ4v) is 3.86. The van der Waals surface area contributed by atoms with E-state index in [4.69, 9.17) is 9.47 Å². The van der Waals surface area contributed by atoms with Crippen molar-refractivity contribution in [2.45, 2.75) is 63.3 Å². The number of methoxy groups -OCH3 is 1. The zero-order valence-electron chi connectivity index (χ0n) is 16.6. The second-order valence-corrected chi connectivity index (χ2v) is 7.64. The quantitative estimate of drug-likeness (QED) is 0.316. The molecule has 0 N–H and O–H groups in total. The number of halogens is 3. The van der Waals surface area contributed by atoms with Crippen LogP contribution in [0.3, 0.4) is 0 Å². The zero-order chi connectivity index (χ0) is 21.3. The summed E-state index contributed by atoms with van der Waals surface area (Å²) >= 11 is 1.25. The van der Waals surface area contributed by atoms with Gasteiger partial charge in [0.2, 0.25) is 0 Å². The van der Waals surface area contributed by atoms with Gasteiger partial charge in [-0.25, -0.2) is 9.78 Å². The molecule has 0 radical (unpaired) electrons. The molecule has 29 heavy (non-hydrogen) atoms. The number of carbonyl (C=O) groups is 1. The number of aromatic nitrogens is 1. The van der Waals surface area contributed by atoms with Crippen molar-refractivity contribution < 1.29 is 27.4 Å². The highest BCUT2D eigenvalue weighted by Crippen LogP contribution is 2.44. The molecule has 0 saturated carbocycles. The van der Waals surface area contributed by atoms with Crippen LogP contribution in [0.15, 0.2) is 41.9 Å². The van der Waals surface area contributed by atoms with Crippen LogP contribution in [0.1, 0.15) is 62.1 Å². The van der Waals surface area contributed by atoms with Crippen molar-refractivity contribution in [3.05, 3.63) is 52.5 Å². The van der Waals surface area contributed by atoms with Gasteiger partial charge in [0.15, 0.2) is 6.10 Å².